The first-order chi connectivity index (χ1) is 7.04. The Morgan fingerprint density at radius 3 is 2.80 bits per heavy atom. The molecule has 0 atom stereocenters. The third kappa shape index (κ3) is 2.39. The lowest BCUT2D eigenvalue weighted by Crippen LogP contribution is -2.19. The van der Waals surface area contributed by atoms with Gasteiger partial charge in [0.05, 0.1) is 6.20 Å². The quantitative estimate of drug-likeness (QED) is 0.769. The second-order valence-electron chi connectivity index (χ2n) is 2.95. The van der Waals surface area contributed by atoms with Gasteiger partial charge in [0.1, 0.15) is 5.65 Å². The number of hydrogen-bond donors (Lipinski definition) is 0. The summed E-state index contributed by atoms with van der Waals surface area (Å²) in [7, 11) is 0. The van der Waals surface area contributed by atoms with E-state index in [-0.39, 0.29) is 5.88 Å². The minimum Gasteiger partial charge on any atom is -0.467 e. The van der Waals surface area contributed by atoms with E-state index in [0.29, 0.717) is 5.65 Å². The highest BCUT2D eigenvalue weighted by Crippen LogP contribution is 2.18. The average molecular weight is 216 g/mol. The Labute approximate surface area is 83.1 Å². The predicted molar refractivity (Wildman–Crippen MR) is 46.7 cm³/mol. The van der Waals surface area contributed by atoms with Crippen molar-refractivity contribution in [3.8, 4) is 5.88 Å². The van der Waals surface area contributed by atoms with Crippen LogP contribution >= 0.6 is 0 Å². The van der Waals surface area contributed by atoms with E-state index in [1.165, 1.54) is 6.20 Å². The molecule has 2 aromatic rings. The van der Waals surface area contributed by atoms with E-state index in [1.807, 2.05) is 0 Å². The van der Waals surface area contributed by atoms with E-state index in [4.69, 9.17) is 0 Å². The molecule has 0 bridgehead atoms. The SMILES string of the molecule is FC(F)(F)COc1cn2ccccc2n1. The molecule has 0 aliphatic rings. The summed E-state index contributed by atoms with van der Waals surface area (Å²) in [5, 5.41) is 0. The molecule has 80 valence electrons. The van der Waals surface area contributed by atoms with Crippen LogP contribution < -0.4 is 4.74 Å². The first kappa shape index (κ1) is 9.82. The standard InChI is InChI=1S/C9H7F3N2O/c10-9(11,12)6-15-8-5-14-4-2-1-3-7(14)13-8/h1-5H,6H2. The number of ether oxygens (including phenoxy) is 1. The summed E-state index contributed by atoms with van der Waals surface area (Å²) in [5.74, 6) is -0.0291. The molecule has 6 heteroatoms. The summed E-state index contributed by atoms with van der Waals surface area (Å²) in [6, 6.07) is 5.18. The molecular weight excluding hydrogens is 209 g/mol. The lowest BCUT2D eigenvalue weighted by atomic mass is 10.5. The zero-order chi connectivity index (χ0) is 10.9. The summed E-state index contributed by atoms with van der Waals surface area (Å²) in [4.78, 5) is 3.86. The van der Waals surface area contributed by atoms with Crippen molar-refractivity contribution in [1.82, 2.24) is 9.38 Å². The first-order valence-electron chi connectivity index (χ1n) is 4.18. The fraction of sp³-hybridized carbons (Fsp3) is 0.222. The Morgan fingerprint density at radius 2 is 2.13 bits per heavy atom. The number of alkyl halides is 3. The van der Waals surface area contributed by atoms with Gasteiger partial charge in [-0.3, -0.25) is 0 Å². The lowest BCUT2D eigenvalue weighted by molar-refractivity contribution is -0.154. The maximum absolute atomic E-state index is 11.8. The van der Waals surface area contributed by atoms with Crippen molar-refractivity contribution < 1.29 is 17.9 Å². The number of pyridine rings is 1. The maximum atomic E-state index is 11.8. The topological polar surface area (TPSA) is 26.5 Å². The van der Waals surface area contributed by atoms with Gasteiger partial charge < -0.3 is 9.14 Å². The van der Waals surface area contributed by atoms with E-state index in [9.17, 15) is 13.2 Å². The molecule has 15 heavy (non-hydrogen) atoms. The van der Waals surface area contributed by atoms with Gasteiger partial charge in [-0.05, 0) is 12.1 Å². The summed E-state index contributed by atoms with van der Waals surface area (Å²) < 4.78 is 41.6. The minimum absolute atomic E-state index is 0.0291. The van der Waals surface area contributed by atoms with Gasteiger partial charge in [-0.2, -0.15) is 18.2 Å². The van der Waals surface area contributed by atoms with Crippen molar-refractivity contribution in [2.45, 2.75) is 6.18 Å². The Morgan fingerprint density at radius 1 is 1.33 bits per heavy atom. The summed E-state index contributed by atoms with van der Waals surface area (Å²) in [6.45, 7) is -1.32. The van der Waals surface area contributed by atoms with Crippen LogP contribution in [0.4, 0.5) is 13.2 Å². The van der Waals surface area contributed by atoms with Gasteiger partial charge in [0.15, 0.2) is 6.61 Å². The van der Waals surface area contributed by atoms with E-state index >= 15 is 0 Å². The fourth-order valence-corrected chi connectivity index (χ4v) is 1.14. The van der Waals surface area contributed by atoms with E-state index < -0.39 is 12.8 Å². The molecule has 2 rings (SSSR count). The highest BCUT2D eigenvalue weighted by molar-refractivity contribution is 5.41. The van der Waals surface area contributed by atoms with Gasteiger partial charge in [-0.15, -0.1) is 0 Å². The van der Waals surface area contributed by atoms with Crippen LogP contribution in [0.2, 0.25) is 0 Å². The Hall–Kier alpha value is -1.72. The number of nitrogens with zero attached hydrogens (tertiary/aromatic N) is 2. The number of imidazole rings is 1. The highest BCUT2D eigenvalue weighted by atomic mass is 19.4. The van der Waals surface area contributed by atoms with Crippen molar-refractivity contribution >= 4 is 5.65 Å². The van der Waals surface area contributed by atoms with Crippen molar-refractivity contribution in [3.63, 3.8) is 0 Å². The van der Waals surface area contributed by atoms with Crippen molar-refractivity contribution in [2.75, 3.05) is 6.61 Å². The van der Waals surface area contributed by atoms with Gasteiger partial charge >= 0.3 is 6.18 Å². The molecule has 0 spiro atoms. The zero-order valence-corrected chi connectivity index (χ0v) is 7.53. The van der Waals surface area contributed by atoms with Gasteiger partial charge in [-0.25, -0.2) is 0 Å². The predicted octanol–water partition coefficient (Wildman–Crippen LogP) is 2.28. The van der Waals surface area contributed by atoms with Crippen molar-refractivity contribution in [2.24, 2.45) is 0 Å². The number of aromatic nitrogens is 2. The first-order valence-corrected chi connectivity index (χ1v) is 4.18. The van der Waals surface area contributed by atoms with Gasteiger partial charge in [-0.1, -0.05) is 6.07 Å². The zero-order valence-electron chi connectivity index (χ0n) is 7.53. The van der Waals surface area contributed by atoms with Crippen LogP contribution in [0.5, 0.6) is 5.88 Å². The minimum atomic E-state index is -4.34. The van der Waals surface area contributed by atoms with Crippen LogP contribution in [-0.4, -0.2) is 22.2 Å². The van der Waals surface area contributed by atoms with E-state index in [1.54, 1.807) is 28.8 Å². The molecule has 0 saturated heterocycles. The van der Waals surface area contributed by atoms with Crippen molar-refractivity contribution in [3.05, 3.63) is 30.6 Å². The van der Waals surface area contributed by atoms with Crippen LogP contribution in [0.1, 0.15) is 0 Å². The van der Waals surface area contributed by atoms with Crippen molar-refractivity contribution in [1.29, 1.82) is 0 Å². The Bertz CT molecular complexity index is 431. The number of hydrogen-bond acceptors (Lipinski definition) is 2. The van der Waals surface area contributed by atoms with Crippen LogP contribution in [-0.2, 0) is 0 Å². The third-order valence-electron chi connectivity index (χ3n) is 1.73. The molecule has 0 unspecified atom stereocenters. The molecule has 0 radical (unpaired) electrons. The van der Waals surface area contributed by atoms with Gasteiger partial charge in [0, 0.05) is 6.20 Å². The second-order valence-corrected chi connectivity index (χ2v) is 2.95. The maximum Gasteiger partial charge on any atom is 0.422 e. The van der Waals surface area contributed by atoms with Crippen LogP contribution in [0.15, 0.2) is 30.6 Å². The van der Waals surface area contributed by atoms with E-state index in [0.717, 1.165) is 0 Å². The fourth-order valence-electron chi connectivity index (χ4n) is 1.14. The molecule has 2 heterocycles. The van der Waals surface area contributed by atoms with Gasteiger partial charge in [0.2, 0.25) is 5.88 Å². The molecular formula is C9H7F3N2O. The monoisotopic (exact) mass is 216 g/mol. The number of rotatable bonds is 2. The largest absolute Gasteiger partial charge is 0.467 e. The Kier molecular flexibility index (Phi) is 2.26. The number of fused-ring (bicyclic) bond motifs is 1. The molecule has 2 aromatic heterocycles. The van der Waals surface area contributed by atoms with Crippen LogP contribution in [0.25, 0.3) is 5.65 Å². The second kappa shape index (κ2) is 3.45. The molecule has 0 aliphatic carbocycles. The molecule has 0 aromatic carbocycles. The van der Waals surface area contributed by atoms with Gasteiger partial charge in [0.25, 0.3) is 0 Å². The smallest absolute Gasteiger partial charge is 0.422 e. The molecule has 0 N–H and O–H groups in total. The molecule has 0 fully saturated rings. The third-order valence-corrected chi connectivity index (χ3v) is 1.73. The molecule has 0 saturated carbocycles. The molecule has 0 aliphatic heterocycles. The summed E-state index contributed by atoms with van der Waals surface area (Å²) >= 11 is 0. The summed E-state index contributed by atoms with van der Waals surface area (Å²) in [5.41, 5.74) is 0.551. The normalized spacial score (nSPS) is 11.9. The molecule has 0 amide bonds. The van der Waals surface area contributed by atoms with E-state index in [2.05, 4.69) is 9.72 Å². The average Bonchev–Trinajstić information content (AvgIpc) is 2.56. The van der Waals surface area contributed by atoms with Crippen LogP contribution in [0, 0.1) is 0 Å². The van der Waals surface area contributed by atoms with Crippen LogP contribution in [0.3, 0.4) is 0 Å². The highest BCUT2D eigenvalue weighted by Gasteiger charge is 2.28. The number of halogens is 3. The summed E-state index contributed by atoms with van der Waals surface area (Å²) in [6.07, 6.45) is -1.25. The Balaban J connectivity index is 2.16. The lowest BCUT2D eigenvalue weighted by Gasteiger charge is -2.05. The molecule has 3 nitrogen and oxygen atoms in total.